The van der Waals surface area contributed by atoms with E-state index >= 15 is 0 Å². The average molecular weight is 314 g/mol. The molecule has 0 saturated heterocycles. The summed E-state index contributed by atoms with van der Waals surface area (Å²) in [4.78, 5) is 30.6. The molecular formula is C8H10N8O2S2. The molecule has 0 unspecified atom stereocenters. The number of carbonyl (C=O) groups excluding carboxylic acids is 2. The maximum Gasteiger partial charge on any atom is 0.248 e. The van der Waals surface area contributed by atoms with Crippen molar-refractivity contribution in [2.75, 3.05) is 11.5 Å². The van der Waals surface area contributed by atoms with Crippen molar-refractivity contribution in [2.45, 2.75) is 10.3 Å². The molecule has 2 aromatic heterocycles. The zero-order valence-corrected chi connectivity index (χ0v) is 11.6. The van der Waals surface area contributed by atoms with Crippen LogP contribution in [0.3, 0.4) is 0 Å². The molecule has 0 radical (unpaired) electrons. The predicted octanol–water partition coefficient (Wildman–Crippen LogP) is -1.05. The first-order valence-electron chi connectivity index (χ1n) is 5.28. The fourth-order valence-corrected chi connectivity index (χ4v) is 2.16. The van der Waals surface area contributed by atoms with Gasteiger partial charge in [0.25, 0.3) is 0 Å². The number of hydrazine groups is 1. The minimum atomic E-state index is -0.343. The largest absolute Gasteiger partial charge is 0.272 e. The van der Waals surface area contributed by atoms with Crippen molar-refractivity contribution in [1.29, 1.82) is 0 Å². The van der Waals surface area contributed by atoms with E-state index in [9.17, 15) is 9.59 Å². The van der Waals surface area contributed by atoms with Crippen molar-refractivity contribution in [3.8, 4) is 0 Å². The summed E-state index contributed by atoms with van der Waals surface area (Å²) in [7, 11) is 0. The van der Waals surface area contributed by atoms with Crippen LogP contribution in [-0.2, 0) is 9.59 Å². The molecule has 2 rings (SSSR count). The molecule has 4 N–H and O–H groups in total. The molecule has 0 bridgehead atoms. The molecule has 2 amide bonds. The Kier molecular flexibility index (Phi) is 5.37. The Labute approximate surface area is 121 Å². The third-order valence-electron chi connectivity index (χ3n) is 1.81. The van der Waals surface area contributed by atoms with E-state index in [2.05, 4.69) is 41.2 Å². The van der Waals surface area contributed by atoms with Gasteiger partial charge in [-0.3, -0.25) is 30.6 Å². The molecule has 0 aliphatic carbocycles. The van der Waals surface area contributed by atoms with Gasteiger partial charge >= 0.3 is 0 Å². The lowest BCUT2D eigenvalue weighted by Gasteiger charge is -2.05. The number of nitrogens with one attached hydrogen (secondary N) is 4. The van der Waals surface area contributed by atoms with E-state index in [1.807, 2.05) is 0 Å². The number of nitrogens with zero attached hydrogens (tertiary/aromatic N) is 4. The Morgan fingerprint density at radius 1 is 0.950 bits per heavy atom. The lowest BCUT2D eigenvalue weighted by atomic mass is 10.7. The lowest BCUT2D eigenvalue weighted by molar-refractivity contribution is -0.126. The highest BCUT2D eigenvalue weighted by Gasteiger charge is 2.07. The summed E-state index contributed by atoms with van der Waals surface area (Å²) in [5.41, 5.74) is 4.59. The quantitative estimate of drug-likeness (QED) is 0.391. The first-order chi connectivity index (χ1) is 9.74. The van der Waals surface area contributed by atoms with E-state index in [4.69, 9.17) is 0 Å². The first kappa shape index (κ1) is 14.3. The Hall–Kier alpha value is -2.08. The van der Waals surface area contributed by atoms with Gasteiger partial charge in [-0.2, -0.15) is 10.2 Å². The maximum absolute atomic E-state index is 11.4. The van der Waals surface area contributed by atoms with E-state index in [0.717, 1.165) is 0 Å². The van der Waals surface area contributed by atoms with Crippen molar-refractivity contribution in [3.05, 3.63) is 12.7 Å². The zero-order valence-electron chi connectivity index (χ0n) is 9.99. The molecule has 0 spiro atoms. The van der Waals surface area contributed by atoms with E-state index in [1.54, 1.807) is 0 Å². The molecule has 20 heavy (non-hydrogen) atoms. The highest BCUT2D eigenvalue weighted by molar-refractivity contribution is 8.00. The summed E-state index contributed by atoms with van der Waals surface area (Å²) >= 11 is 2.35. The molecule has 10 nitrogen and oxygen atoms in total. The smallest absolute Gasteiger partial charge is 0.248 e. The van der Waals surface area contributed by atoms with E-state index in [0.29, 0.717) is 10.3 Å². The summed E-state index contributed by atoms with van der Waals surface area (Å²) in [6.45, 7) is 0. The van der Waals surface area contributed by atoms with Gasteiger partial charge in [-0.1, -0.05) is 23.5 Å². The monoisotopic (exact) mass is 314 g/mol. The number of rotatable bonds is 6. The normalized spacial score (nSPS) is 10.2. The number of hydrogen-bond acceptors (Lipinski definition) is 8. The summed E-state index contributed by atoms with van der Waals surface area (Å²) in [6.07, 6.45) is 2.70. The van der Waals surface area contributed by atoms with Crippen molar-refractivity contribution >= 4 is 35.3 Å². The Morgan fingerprint density at radius 3 is 1.75 bits per heavy atom. The molecule has 12 heteroatoms. The lowest BCUT2D eigenvalue weighted by Crippen LogP contribution is -2.43. The molecular weight excluding hydrogens is 304 g/mol. The molecule has 0 aliphatic heterocycles. The van der Waals surface area contributed by atoms with Gasteiger partial charge in [0, 0.05) is 0 Å². The molecule has 0 saturated carbocycles. The zero-order chi connectivity index (χ0) is 14.2. The fraction of sp³-hybridized carbons (Fsp3) is 0.250. The minimum Gasteiger partial charge on any atom is -0.272 e. The average Bonchev–Trinajstić information content (AvgIpc) is 3.13. The second-order valence-corrected chi connectivity index (χ2v) is 5.18. The van der Waals surface area contributed by atoms with Crippen LogP contribution in [0.15, 0.2) is 23.0 Å². The van der Waals surface area contributed by atoms with Gasteiger partial charge in [0.2, 0.25) is 11.8 Å². The second kappa shape index (κ2) is 7.49. The molecule has 0 fully saturated rings. The van der Waals surface area contributed by atoms with Gasteiger partial charge in [-0.05, 0) is 0 Å². The van der Waals surface area contributed by atoms with Crippen LogP contribution in [0.25, 0.3) is 0 Å². The van der Waals surface area contributed by atoms with E-state index in [-0.39, 0.29) is 23.3 Å². The highest BCUT2D eigenvalue weighted by atomic mass is 32.2. The van der Waals surface area contributed by atoms with Crippen molar-refractivity contribution in [2.24, 2.45) is 0 Å². The minimum absolute atomic E-state index is 0.116. The van der Waals surface area contributed by atoms with E-state index in [1.165, 1.54) is 36.2 Å². The Morgan fingerprint density at radius 2 is 1.40 bits per heavy atom. The summed E-state index contributed by atoms with van der Waals surface area (Å²) in [5.74, 6) is -0.455. The SMILES string of the molecule is O=C(CSc1ncn[nH]1)NNC(=O)CSc1ncn[nH]1. The van der Waals surface area contributed by atoms with Crippen LogP contribution in [0.4, 0.5) is 0 Å². The van der Waals surface area contributed by atoms with Crippen LogP contribution < -0.4 is 10.9 Å². The van der Waals surface area contributed by atoms with Crippen LogP contribution in [0, 0.1) is 0 Å². The number of amides is 2. The van der Waals surface area contributed by atoms with Crippen LogP contribution in [0.2, 0.25) is 0 Å². The first-order valence-corrected chi connectivity index (χ1v) is 7.25. The number of hydrogen-bond donors (Lipinski definition) is 4. The molecule has 0 aromatic carbocycles. The second-order valence-electron chi connectivity index (χ2n) is 3.25. The predicted molar refractivity (Wildman–Crippen MR) is 70.5 cm³/mol. The molecule has 2 aromatic rings. The third-order valence-corrected chi connectivity index (χ3v) is 3.56. The van der Waals surface area contributed by atoms with Crippen molar-refractivity contribution in [3.63, 3.8) is 0 Å². The van der Waals surface area contributed by atoms with Crippen LogP contribution >= 0.6 is 23.5 Å². The Balaban J connectivity index is 1.59. The molecule has 106 valence electrons. The maximum atomic E-state index is 11.4. The van der Waals surface area contributed by atoms with Crippen LogP contribution in [0.5, 0.6) is 0 Å². The van der Waals surface area contributed by atoms with Gasteiger partial charge < -0.3 is 0 Å². The van der Waals surface area contributed by atoms with Crippen molar-refractivity contribution in [1.82, 2.24) is 41.2 Å². The molecule has 2 heterocycles. The van der Waals surface area contributed by atoms with Gasteiger partial charge in [0.05, 0.1) is 11.5 Å². The summed E-state index contributed by atoms with van der Waals surface area (Å²) in [6, 6.07) is 0. The summed E-state index contributed by atoms with van der Waals surface area (Å²) in [5, 5.41) is 13.6. The molecule has 0 aliphatic rings. The molecule has 0 atom stereocenters. The number of H-pyrrole nitrogens is 2. The standard InChI is InChI=1S/C8H10N8O2S2/c17-5(1-19-7-9-3-11-15-7)13-14-6(18)2-20-8-10-4-12-16-8/h3-4H,1-2H2,(H,13,17)(H,14,18)(H,9,11,15)(H,10,12,16). The fourth-order valence-electron chi connectivity index (χ4n) is 1.01. The third kappa shape index (κ3) is 4.89. The number of aromatic nitrogens is 6. The Bertz CT molecular complexity index is 493. The number of aromatic amines is 2. The van der Waals surface area contributed by atoms with Crippen LogP contribution in [0.1, 0.15) is 0 Å². The number of thioether (sulfide) groups is 2. The van der Waals surface area contributed by atoms with Gasteiger partial charge in [0.1, 0.15) is 12.7 Å². The van der Waals surface area contributed by atoms with Crippen molar-refractivity contribution < 1.29 is 9.59 Å². The number of carbonyl (C=O) groups is 2. The van der Waals surface area contributed by atoms with Crippen LogP contribution in [-0.4, -0.2) is 53.7 Å². The topological polar surface area (TPSA) is 141 Å². The summed E-state index contributed by atoms with van der Waals surface area (Å²) < 4.78 is 0. The highest BCUT2D eigenvalue weighted by Crippen LogP contribution is 2.10. The van der Waals surface area contributed by atoms with E-state index < -0.39 is 0 Å². The van der Waals surface area contributed by atoms with Gasteiger partial charge in [-0.25, -0.2) is 9.97 Å². The van der Waals surface area contributed by atoms with Gasteiger partial charge in [-0.15, -0.1) is 0 Å². The van der Waals surface area contributed by atoms with Gasteiger partial charge in [0.15, 0.2) is 10.3 Å².